The lowest BCUT2D eigenvalue weighted by Gasteiger charge is -2.05. The Hall–Kier alpha value is -2.04. The van der Waals surface area contributed by atoms with E-state index < -0.39 is 0 Å². The molecule has 0 radical (unpaired) electrons. The van der Waals surface area contributed by atoms with E-state index in [0.29, 0.717) is 6.42 Å². The molecule has 0 atom stereocenters. The van der Waals surface area contributed by atoms with Crippen molar-refractivity contribution in [1.82, 2.24) is 9.55 Å². The van der Waals surface area contributed by atoms with Crippen LogP contribution in [0.15, 0.2) is 29.4 Å². The number of amidine groups is 1. The van der Waals surface area contributed by atoms with Gasteiger partial charge in [0, 0.05) is 13.0 Å². The molecule has 1 heterocycles. The molecule has 1 aromatic carbocycles. The van der Waals surface area contributed by atoms with Crippen LogP contribution in [0.2, 0.25) is 0 Å². The van der Waals surface area contributed by atoms with E-state index in [-0.39, 0.29) is 5.84 Å². The molecular weight excluding hydrogens is 216 g/mol. The molecule has 0 aliphatic heterocycles. The van der Waals surface area contributed by atoms with Crippen molar-refractivity contribution in [2.24, 2.45) is 10.9 Å². The van der Waals surface area contributed by atoms with Crippen molar-refractivity contribution in [3.05, 3.63) is 30.1 Å². The molecule has 0 spiro atoms. The molecule has 0 aliphatic carbocycles. The van der Waals surface area contributed by atoms with Crippen LogP contribution in [0.4, 0.5) is 0 Å². The van der Waals surface area contributed by atoms with Crippen molar-refractivity contribution >= 4 is 16.9 Å². The predicted molar refractivity (Wildman–Crippen MR) is 67.1 cm³/mol. The molecular formula is C12H16N4O. The Kier molecular flexibility index (Phi) is 3.27. The number of rotatable bonds is 4. The Balaban J connectivity index is 2.15. The van der Waals surface area contributed by atoms with Crippen molar-refractivity contribution in [3.63, 3.8) is 0 Å². The van der Waals surface area contributed by atoms with Crippen LogP contribution >= 0.6 is 0 Å². The van der Waals surface area contributed by atoms with Gasteiger partial charge in [0.25, 0.3) is 0 Å². The molecule has 5 heteroatoms. The summed E-state index contributed by atoms with van der Waals surface area (Å²) in [6.07, 6.45) is 1.42. The van der Waals surface area contributed by atoms with E-state index in [2.05, 4.69) is 20.8 Å². The zero-order chi connectivity index (χ0) is 12.3. The fourth-order valence-electron chi connectivity index (χ4n) is 1.95. The number of nitrogens with two attached hydrogens (primary N) is 1. The molecule has 17 heavy (non-hydrogen) atoms. The lowest BCUT2D eigenvalue weighted by Crippen LogP contribution is -2.12. The molecule has 0 amide bonds. The molecule has 0 fully saturated rings. The fraction of sp³-hybridized carbons (Fsp3) is 0.333. The van der Waals surface area contributed by atoms with Gasteiger partial charge < -0.3 is 15.5 Å². The Labute approximate surface area is 99.6 Å². The maximum atomic E-state index is 8.46. The van der Waals surface area contributed by atoms with E-state index in [1.54, 1.807) is 0 Å². The maximum absolute atomic E-state index is 8.46. The normalized spacial score (nSPS) is 12.2. The number of fused-ring (bicyclic) bond motifs is 1. The molecule has 0 saturated carbocycles. The lowest BCUT2D eigenvalue weighted by atomic mass is 10.2. The first-order valence-corrected chi connectivity index (χ1v) is 5.60. The minimum absolute atomic E-state index is 0.270. The van der Waals surface area contributed by atoms with E-state index in [1.807, 2.05) is 25.1 Å². The molecule has 0 saturated heterocycles. The van der Waals surface area contributed by atoms with Gasteiger partial charge in [-0.05, 0) is 25.5 Å². The number of hydrogen-bond acceptors (Lipinski definition) is 3. The molecule has 0 bridgehead atoms. The minimum Gasteiger partial charge on any atom is -0.409 e. The Morgan fingerprint density at radius 1 is 1.47 bits per heavy atom. The summed E-state index contributed by atoms with van der Waals surface area (Å²) >= 11 is 0. The highest BCUT2D eigenvalue weighted by molar-refractivity contribution is 5.79. The molecule has 90 valence electrons. The van der Waals surface area contributed by atoms with Gasteiger partial charge in [-0.3, -0.25) is 0 Å². The van der Waals surface area contributed by atoms with E-state index >= 15 is 0 Å². The first-order chi connectivity index (χ1) is 8.22. The van der Waals surface area contributed by atoms with Crippen LogP contribution in [-0.4, -0.2) is 20.6 Å². The average molecular weight is 232 g/mol. The maximum Gasteiger partial charge on any atom is 0.139 e. The topological polar surface area (TPSA) is 76.4 Å². The summed E-state index contributed by atoms with van der Waals surface area (Å²) in [5.41, 5.74) is 7.58. The molecule has 3 N–H and O–H groups in total. The highest BCUT2D eigenvalue weighted by atomic mass is 16.4. The number of oxime groups is 1. The lowest BCUT2D eigenvalue weighted by molar-refractivity contribution is 0.316. The van der Waals surface area contributed by atoms with Gasteiger partial charge in [-0.15, -0.1) is 0 Å². The minimum atomic E-state index is 0.270. The summed E-state index contributed by atoms with van der Waals surface area (Å²) in [6, 6.07) is 8.04. The number of aryl methyl sites for hydroxylation is 2. The molecule has 0 unspecified atom stereocenters. The van der Waals surface area contributed by atoms with Crippen LogP contribution < -0.4 is 5.73 Å². The quantitative estimate of drug-likeness (QED) is 0.365. The van der Waals surface area contributed by atoms with E-state index in [0.717, 1.165) is 29.8 Å². The van der Waals surface area contributed by atoms with Crippen molar-refractivity contribution in [2.45, 2.75) is 26.3 Å². The second-order valence-electron chi connectivity index (χ2n) is 3.99. The standard InChI is InChI=1S/C12H16N4O/c1-9-14-10-5-2-3-6-11(10)16(9)8-4-7-12(13)15-17/h2-3,5-6,17H,4,7-8H2,1H3,(H2,13,15). The van der Waals surface area contributed by atoms with Crippen molar-refractivity contribution in [3.8, 4) is 0 Å². The smallest absolute Gasteiger partial charge is 0.139 e. The number of aromatic nitrogens is 2. The van der Waals surface area contributed by atoms with Crippen molar-refractivity contribution in [2.75, 3.05) is 0 Å². The van der Waals surface area contributed by atoms with Gasteiger partial charge in [-0.1, -0.05) is 17.3 Å². The summed E-state index contributed by atoms with van der Waals surface area (Å²) in [5.74, 6) is 1.26. The monoisotopic (exact) mass is 232 g/mol. The van der Waals surface area contributed by atoms with E-state index in [9.17, 15) is 0 Å². The van der Waals surface area contributed by atoms with Crippen LogP contribution in [0.5, 0.6) is 0 Å². The Morgan fingerprint density at radius 2 is 2.24 bits per heavy atom. The molecule has 0 aliphatic rings. The summed E-state index contributed by atoms with van der Waals surface area (Å²) in [5, 5.41) is 11.4. The number of nitrogens with zero attached hydrogens (tertiary/aromatic N) is 3. The van der Waals surface area contributed by atoms with Gasteiger partial charge in [0.1, 0.15) is 11.7 Å². The van der Waals surface area contributed by atoms with Gasteiger partial charge in [-0.25, -0.2) is 4.98 Å². The predicted octanol–water partition coefficient (Wildman–Crippen LogP) is 1.87. The Morgan fingerprint density at radius 3 is 3.00 bits per heavy atom. The van der Waals surface area contributed by atoms with Crippen molar-refractivity contribution in [1.29, 1.82) is 0 Å². The third-order valence-corrected chi connectivity index (χ3v) is 2.79. The van der Waals surface area contributed by atoms with Gasteiger partial charge in [0.2, 0.25) is 0 Å². The fourth-order valence-corrected chi connectivity index (χ4v) is 1.95. The third kappa shape index (κ3) is 2.38. The number of hydrogen-bond donors (Lipinski definition) is 2. The van der Waals surface area contributed by atoms with Gasteiger partial charge >= 0.3 is 0 Å². The van der Waals surface area contributed by atoms with Gasteiger partial charge in [0.15, 0.2) is 0 Å². The van der Waals surface area contributed by atoms with Crippen LogP contribution in [0.1, 0.15) is 18.7 Å². The third-order valence-electron chi connectivity index (χ3n) is 2.79. The van der Waals surface area contributed by atoms with Crippen LogP contribution in [0, 0.1) is 6.92 Å². The largest absolute Gasteiger partial charge is 0.409 e. The zero-order valence-corrected chi connectivity index (χ0v) is 9.80. The Bertz CT molecular complexity index is 544. The van der Waals surface area contributed by atoms with E-state index in [4.69, 9.17) is 10.9 Å². The summed E-state index contributed by atoms with van der Waals surface area (Å²) in [4.78, 5) is 4.48. The second kappa shape index (κ2) is 4.86. The summed E-state index contributed by atoms with van der Waals surface area (Å²) < 4.78 is 2.15. The van der Waals surface area contributed by atoms with Crippen LogP contribution in [0.3, 0.4) is 0 Å². The highest BCUT2D eigenvalue weighted by Gasteiger charge is 2.06. The second-order valence-corrected chi connectivity index (χ2v) is 3.99. The zero-order valence-electron chi connectivity index (χ0n) is 9.80. The van der Waals surface area contributed by atoms with E-state index in [1.165, 1.54) is 0 Å². The summed E-state index contributed by atoms with van der Waals surface area (Å²) in [7, 11) is 0. The first-order valence-electron chi connectivity index (χ1n) is 5.60. The summed E-state index contributed by atoms with van der Waals surface area (Å²) in [6.45, 7) is 2.81. The molecule has 1 aromatic heterocycles. The average Bonchev–Trinajstić information content (AvgIpc) is 2.66. The van der Waals surface area contributed by atoms with Crippen molar-refractivity contribution < 1.29 is 5.21 Å². The van der Waals surface area contributed by atoms with Gasteiger partial charge in [0.05, 0.1) is 11.0 Å². The van der Waals surface area contributed by atoms with Crippen LogP contribution in [0.25, 0.3) is 11.0 Å². The number of para-hydroxylation sites is 2. The first kappa shape index (κ1) is 11.4. The molecule has 2 rings (SSSR count). The molecule has 2 aromatic rings. The number of imidazole rings is 1. The van der Waals surface area contributed by atoms with Crippen LogP contribution in [-0.2, 0) is 6.54 Å². The SMILES string of the molecule is Cc1nc2ccccc2n1CCC/C(N)=N/O. The number of benzene rings is 1. The molecule has 5 nitrogen and oxygen atoms in total. The van der Waals surface area contributed by atoms with Gasteiger partial charge in [-0.2, -0.15) is 0 Å². The highest BCUT2D eigenvalue weighted by Crippen LogP contribution is 2.16.